The summed E-state index contributed by atoms with van der Waals surface area (Å²) in [7, 11) is -3.35. The van der Waals surface area contributed by atoms with Gasteiger partial charge in [-0.25, -0.2) is 13.1 Å². The second-order valence-corrected chi connectivity index (χ2v) is 9.15. The van der Waals surface area contributed by atoms with Crippen LogP contribution in [0, 0.1) is 13.8 Å². The van der Waals surface area contributed by atoms with E-state index in [2.05, 4.69) is 9.71 Å². The highest BCUT2D eigenvalue weighted by Crippen LogP contribution is 2.18. The third-order valence-corrected chi connectivity index (χ3v) is 6.28. The van der Waals surface area contributed by atoms with Crippen molar-refractivity contribution in [2.45, 2.75) is 33.1 Å². The number of aromatic amines is 1. The maximum atomic E-state index is 12.3. The normalized spacial score (nSPS) is 11.8. The lowest BCUT2D eigenvalue weighted by atomic mass is 10.0. The van der Waals surface area contributed by atoms with Crippen LogP contribution in [0.1, 0.15) is 28.7 Å². The zero-order chi connectivity index (χ0) is 20.1. The molecule has 3 rings (SSSR count). The van der Waals surface area contributed by atoms with E-state index < -0.39 is 10.0 Å². The van der Waals surface area contributed by atoms with E-state index in [9.17, 15) is 13.2 Å². The van der Waals surface area contributed by atoms with Crippen LogP contribution in [0.25, 0.3) is 10.9 Å². The summed E-state index contributed by atoms with van der Waals surface area (Å²) in [6.07, 6.45) is 1.65. The number of sulfonamides is 1. The topological polar surface area (TPSA) is 79.0 Å². The van der Waals surface area contributed by atoms with Crippen molar-refractivity contribution in [2.24, 2.45) is 0 Å². The molecular formula is C22H26N2O3S. The molecule has 148 valence electrons. The Morgan fingerprint density at radius 3 is 2.50 bits per heavy atom. The van der Waals surface area contributed by atoms with Gasteiger partial charge in [-0.2, -0.15) is 0 Å². The van der Waals surface area contributed by atoms with Crippen LogP contribution in [0.5, 0.6) is 0 Å². The van der Waals surface area contributed by atoms with Crippen LogP contribution in [0.4, 0.5) is 0 Å². The van der Waals surface area contributed by atoms with Crippen LogP contribution >= 0.6 is 0 Å². The molecule has 1 heterocycles. The van der Waals surface area contributed by atoms with E-state index in [1.165, 1.54) is 0 Å². The van der Waals surface area contributed by atoms with Crippen LogP contribution < -0.4 is 10.3 Å². The number of hydrogen-bond acceptors (Lipinski definition) is 3. The Morgan fingerprint density at radius 2 is 1.75 bits per heavy atom. The number of H-pyrrole nitrogens is 1. The van der Waals surface area contributed by atoms with Gasteiger partial charge in [0, 0.05) is 12.1 Å². The molecule has 0 amide bonds. The minimum atomic E-state index is -3.35. The van der Waals surface area contributed by atoms with Crippen molar-refractivity contribution in [3.05, 3.63) is 81.1 Å². The first kappa shape index (κ1) is 20.3. The average molecular weight is 399 g/mol. The quantitative estimate of drug-likeness (QED) is 0.611. The molecule has 1 aromatic heterocycles. The summed E-state index contributed by atoms with van der Waals surface area (Å²) in [5.74, 6) is 0.0777. The Hall–Kier alpha value is -2.44. The molecule has 0 saturated carbocycles. The van der Waals surface area contributed by atoms with Crippen molar-refractivity contribution in [1.29, 1.82) is 0 Å². The molecule has 0 fully saturated rings. The predicted octanol–water partition coefficient (Wildman–Crippen LogP) is 3.24. The van der Waals surface area contributed by atoms with Gasteiger partial charge in [-0.1, -0.05) is 42.0 Å². The third kappa shape index (κ3) is 5.30. The summed E-state index contributed by atoms with van der Waals surface area (Å²) >= 11 is 0. The molecule has 0 unspecified atom stereocenters. The Morgan fingerprint density at radius 1 is 1.00 bits per heavy atom. The zero-order valence-electron chi connectivity index (χ0n) is 16.3. The van der Waals surface area contributed by atoms with E-state index >= 15 is 0 Å². The van der Waals surface area contributed by atoms with Gasteiger partial charge in [0.15, 0.2) is 0 Å². The molecule has 0 aliphatic carbocycles. The van der Waals surface area contributed by atoms with Crippen LogP contribution in [0.3, 0.4) is 0 Å². The lowest BCUT2D eigenvalue weighted by molar-refractivity contribution is 0.578. The van der Waals surface area contributed by atoms with E-state index in [-0.39, 0.29) is 17.9 Å². The Bertz CT molecular complexity index is 1120. The van der Waals surface area contributed by atoms with Crippen molar-refractivity contribution in [1.82, 2.24) is 9.71 Å². The number of aromatic nitrogens is 1. The molecule has 0 atom stereocenters. The summed E-state index contributed by atoms with van der Waals surface area (Å²) < 4.78 is 27.0. The van der Waals surface area contributed by atoms with E-state index in [1.807, 2.05) is 62.4 Å². The van der Waals surface area contributed by atoms with Crippen molar-refractivity contribution in [3.63, 3.8) is 0 Å². The molecule has 0 bridgehead atoms. The lowest BCUT2D eigenvalue weighted by Gasteiger charge is -2.09. The highest BCUT2D eigenvalue weighted by atomic mass is 32.2. The standard InChI is InChI=1S/C22H26N2O3S/c1-16-13-17(2)21-20(14-16)15-19(22(25)24-21)10-11-23-28(26,27)12-6-9-18-7-4-3-5-8-18/h3-5,7-8,13-15,23H,6,9-12H2,1-2H3,(H,24,25). The molecule has 3 aromatic rings. The third-order valence-electron chi connectivity index (χ3n) is 4.81. The van der Waals surface area contributed by atoms with Crippen molar-refractivity contribution in [3.8, 4) is 0 Å². The second kappa shape index (κ2) is 8.71. The molecule has 0 radical (unpaired) electrons. The molecule has 28 heavy (non-hydrogen) atoms. The van der Waals surface area contributed by atoms with Crippen LogP contribution in [0.2, 0.25) is 0 Å². The highest BCUT2D eigenvalue weighted by molar-refractivity contribution is 7.89. The number of aryl methyl sites for hydroxylation is 3. The van der Waals surface area contributed by atoms with Gasteiger partial charge in [0.2, 0.25) is 10.0 Å². The zero-order valence-corrected chi connectivity index (χ0v) is 17.1. The summed E-state index contributed by atoms with van der Waals surface area (Å²) in [6, 6.07) is 15.7. The van der Waals surface area contributed by atoms with E-state index in [0.29, 0.717) is 18.4 Å². The fourth-order valence-electron chi connectivity index (χ4n) is 3.44. The van der Waals surface area contributed by atoms with Gasteiger partial charge < -0.3 is 4.98 Å². The summed E-state index contributed by atoms with van der Waals surface area (Å²) in [5, 5.41) is 0.970. The van der Waals surface area contributed by atoms with Gasteiger partial charge in [-0.05, 0) is 61.8 Å². The van der Waals surface area contributed by atoms with Gasteiger partial charge in [-0.15, -0.1) is 0 Å². The summed E-state index contributed by atoms with van der Waals surface area (Å²) in [6.45, 7) is 4.20. The second-order valence-electron chi connectivity index (χ2n) is 7.22. The smallest absolute Gasteiger partial charge is 0.251 e. The summed E-state index contributed by atoms with van der Waals surface area (Å²) in [5.41, 5.74) is 4.54. The molecule has 0 aliphatic heterocycles. The number of nitrogens with one attached hydrogen (secondary N) is 2. The molecule has 6 heteroatoms. The average Bonchev–Trinajstić information content (AvgIpc) is 2.63. The van der Waals surface area contributed by atoms with E-state index in [4.69, 9.17) is 0 Å². The largest absolute Gasteiger partial charge is 0.321 e. The van der Waals surface area contributed by atoms with Crippen LogP contribution in [-0.4, -0.2) is 25.7 Å². The van der Waals surface area contributed by atoms with Crippen LogP contribution in [0.15, 0.2) is 53.3 Å². The fraction of sp³-hybridized carbons (Fsp3) is 0.318. The van der Waals surface area contributed by atoms with Crippen molar-refractivity contribution in [2.75, 3.05) is 12.3 Å². The summed E-state index contributed by atoms with van der Waals surface area (Å²) in [4.78, 5) is 15.2. The minimum absolute atomic E-state index is 0.0777. The van der Waals surface area contributed by atoms with Gasteiger partial charge in [-0.3, -0.25) is 4.79 Å². The molecule has 2 aromatic carbocycles. The maximum Gasteiger partial charge on any atom is 0.251 e. The number of hydrogen-bond donors (Lipinski definition) is 2. The number of rotatable bonds is 8. The van der Waals surface area contributed by atoms with Gasteiger partial charge in [0.1, 0.15) is 0 Å². The molecule has 2 N–H and O–H groups in total. The number of fused-ring (bicyclic) bond motifs is 1. The molecule has 0 spiro atoms. The van der Waals surface area contributed by atoms with E-state index in [0.717, 1.165) is 34.0 Å². The first-order valence-electron chi connectivity index (χ1n) is 9.48. The Kier molecular flexibility index (Phi) is 6.31. The lowest BCUT2D eigenvalue weighted by Crippen LogP contribution is -2.29. The molecule has 0 aliphatic rings. The minimum Gasteiger partial charge on any atom is -0.321 e. The fourth-order valence-corrected chi connectivity index (χ4v) is 4.52. The highest BCUT2D eigenvalue weighted by Gasteiger charge is 2.11. The first-order valence-corrected chi connectivity index (χ1v) is 11.1. The SMILES string of the molecule is Cc1cc(C)c2[nH]c(=O)c(CCNS(=O)(=O)CCCc3ccccc3)cc2c1. The Balaban J connectivity index is 1.58. The maximum absolute atomic E-state index is 12.3. The van der Waals surface area contributed by atoms with Gasteiger partial charge >= 0.3 is 0 Å². The van der Waals surface area contributed by atoms with E-state index in [1.54, 1.807) is 0 Å². The van der Waals surface area contributed by atoms with Crippen LogP contribution in [-0.2, 0) is 22.9 Å². The van der Waals surface area contributed by atoms with Gasteiger partial charge in [0.05, 0.1) is 11.3 Å². The Labute approximate surface area is 165 Å². The number of pyridine rings is 1. The predicted molar refractivity (Wildman–Crippen MR) is 114 cm³/mol. The molecule has 0 saturated heterocycles. The van der Waals surface area contributed by atoms with Crippen molar-refractivity contribution < 1.29 is 8.42 Å². The monoisotopic (exact) mass is 398 g/mol. The first-order chi connectivity index (χ1) is 13.3. The molecule has 5 nitrogen and oxygen atoms in total. The van der Waals surface area contributed by atoms with Gasteiger partial charge in [0.25, 0.3) is 5.56 Å². The van der Waals surface area contributed by atoms with Crippen molar-refractivity contribution >= 4 is 20.9 Å². The molecular weight excluding hydrogens is 372 g/mol. The number of benzene rings is 2.